The SMILES string of the molecule is Cc1ccc(CN(C)C(=O)COC(=O)c2ccc(NC(=O)OC(C)(C)C)cc2)cc1. The van der Waals surface area contributed by atoms with Crippen LogP contribution in [0.2, 0.25) is 0 Å². The van der Waals surface area contributed by atoms with Crippen LogP contribution in [0.3, 0.4) is 0 Å². The Morgan fingerprint density at radius 1 is 0.967 bits per heavy atom. The Bertz CT molecular complexity index is 883. The second-order valence-corrected chi connectivity index (χ2v) is 8.02. The predicted molar refractivity (Wildman–Crippen MR) is 114 cm³/mol. The molecule has 0 saturated heterocycles. The van der Waals surface area contributed by atoms with Crippen molar-refractivity contribution in [3.63, 3.8) is 0 Å². The summed E-state index contributed by atoms with van der Waals surface area (Å²) in [6.07, 6.45) is -0.583. The molecule has 0 bridgehead atoms. The summed E-state index contributed by atoms with van der Waals surface area (Å²) in [6.45, 7) is 7.39. The van der Waals surface area contributed by atoms with Gasteiger partial charge in [-0.15, -0.1) is 0 Å². The molecule has 0 atom stereocenters. The molecule has 0 radical (unpaired) electrons. The van der Waals surface area contributed by atoms with Gasteiger partial charge in [-0.2, -0.15) is 0 Å². The van der Waals surface area contributed by atoms with Crippen LogP contribution in [0.25, 0.3) is 0 Å². The Balaban J connectivity index is 1.83. The van der Waals surface area contributed by atoms with Crippen molar-refractivity contribution < 1.29 is 23.9 Å². The highest BCUT2D eigenvalue weighted by Gasteiger charge is 2.17. The Labute approximate surface area is 177 Å². The molecule has 0 unspecified atom stereocenters. The first-order valence-electron chi connectivity index (χ1n) is 9.60. The summed E-state index contributed by atoms with van der Waals surface area (Å²) in [7, 11) is 1.66. The zero-order chi connectivity index (χ0) is 22.3. The molecule has 0 aliphatic heterocycles. The number of aryl methyl sites for hydroxylation is 1. The number of hydrogen-bond donors (Lipinski definition) is 1. The maximum absolute atomic E-state index is 12.2. The number of esters is 1. The van der Waals surface area contributed by atoms with Crippen LogP contribution in [-0.4, -0.2) is 42.1 Å². The van der Waals surface area contributed by atoms with Gasteiger partial charge in [-0.05, 0) is 57.5 Å². The number of carbonyl (C=O) groups is 3. The zero-order valence-corrected chi connectivity index (χ0v) is 18.0. The number of nitrogens with zero attached hydrogens (tertiary/aromatic N) is 1. The topological polar surface area (TPSA) is 84.9 Å². The van der Waals surface area contributed by atoms with E-state index in [0.29, 0.717) is 12.2 Å². The molecule has 2 rings (SSSR count). The average molecular weight is 412 g/mol. The molecule has 0 spiro atoms. The van der Waals surface area contributed by atoms with E-state index >= 15 is 0 Å². The van der Waals surface area contributed by atoms with E-state index in [0.717, 1.165) is 11.1 Å². The van der Waals surface area contributed by atoms with Crippen molar-refractivity contribution in [3.05, 3.63) is 65.2 Å². The van der Waals surface area contributed by atoms with E-state index in [4.69, 9.17) is 9.47 Å². The minimum Gasteiger partial charge on any atom is -0.452 e. The van der Waals surface area contributed by atoms with E-state index in [1.165, 1.54) is 17.0 Å². The average Bonchev–Trinajstić information content (AvgIpc) is 2.66. The highest BCUT2D eigenvalue weighted by Crippen LogP contribution is 2.14. The number of likely N-dealkylation sites (N-methyl/N-ethyl adjacent to an activating group) is 1. The number of carbonyl (C=O) groups excluding carboxylic acids is 3. The summed E-state index contributed by atoms with van der Waals surface area (Å²) >= 11 is 0. The molecule has 7 nitrogen and oxygen atoms in total. The van der Waals surface area contributed by atoms with Crippen molar-refractivity contribution in [2.45, 2.75) is 39.8 Å². The molecule has 7 heteroatoms. The van der Waals surface area contributed by atoms with Crippen molar-refractivity contribution in [2.24, 2.45) is 0 Å². The third-order valence-corrected chi connectivity index (χ3v) is 4.06. The van der Waals surface area contributed by atoms with Crippen LogP contribution in [0.15, 0.2) is 48.5 Å². The van der Waals surface area contributed by atoms with E-state index in [1.807, 2.05) is 31.2 Å². The van der Waals surface area contributed by atoms with Crippen LogP contribution < -0.4 is 5.32 Å². The normalized spacial score (nSPS) is 10.8. The maximum Gasteiger partial charge on any atom is 0.412 e. The van der Waals surface area contributed by atoms with Crippen molar-refractivity contribution in [1.29, 1.82) is 0 Å². The predicted octanol–water partition coefficient (Wildman–Crippen LogP) is 4.16. The van der Waals surface area contributed by atoms with Gasteiger partial charge in [0.15, 0.2) is 6.61 Å². The molecule has 0 heterocycles. The molecule has 0 fully saturated rings. The molecule has 1 N–H and O–H groups in total. The van der Waals surface area contributed by atoms with Gasteiger partial charge in [0.05, 0.1) is 5.56 Å². The summed E-state index contributed by atoms with van der Waals surface area (Å²) in [4.78, 5) is 37.7. The van der Waals surface area contributed by atoms with Gasteiger partial charge in [-0.3, -0.25) is 10.1 Å². The number of benzene rings is 2. The van der Waals surface area contributed by atoms with Gasteiger partial charge in [0.25, 0.3) is 5.91 Å². The Morgan fingerprint density at radius 2 is 1.57 bits per heavy atom. The number of amides is 2. The first kappa shape index (κ1) is 22.9. The van der Waals surface area contributed by atoms with Crippen molar-refractivity contribution >= 4 is 23.7 Å². The minimum atomic E-state index is -0.615. The molecule has 0 aliphatic rings. The molecule has 30 heavy (non-hydrogen) atoms. The largest absolute Gasteiger partial charge is 0.452 e. The number of ether oxygens (including phenoxy) is 2. The lowest BCUT2D eigenvalue weighted by molar-refractivity contribution is -0.133. The molecule has 0 saturated carbocycles. The smallest absolute Gasteiger partial charge is 0.412 e. The van der Waals surface area contributed by atoms with Gasteiger partial charge in [0.1, 0.15) is 5.60 Å². The lowest BCUT2D eigenvalue weighted by Crippen LogP contribution is -2.30. The summed E-state index contributed by atoms with van der Waals surface area (Å²) < 4.78 is 10.3. The number of nitrogens with one attached hydrogen (secondary N) is 1. The summed E-state index contributed by atoms with van der Waals surface area (Å²) in [6, 6.07) is 14.0. The quantitative estimate of drug-likeness (QED) is 0.720. The van der Waals surface area contributed by atoms with Gasteiger partial charge in [0, 0.05) is 19.3 Å². The molecule has 0 aliphatic carbocycles. The molecule has 160 valence electrons. The van der Waals surface area contributed by atoms with Crippen molar-refractivity contribution in [2.75, 3.05) is 19.0 Å². The fourth-order valence-electron chi connectivity index (χ4n) is 2.49. The van der Waals surface area contributed by atoms with Gasteiger partial charge >= 0.3 is 12.1 Å². The Kier molecular flexibility index (Phi) is 7.58. The Hall–Kier alpha value is -3.35. The second-order valence-electron chi connectivity index (χ2n) is 8.02. The fourth-order valence-corrected chi connectivity index (χ4v) is 2.49. The first-order valence-corrected chi connectivity index (χ1v) is 9.60. The van der Waals surface area contributed by atoms with Crippen LogP contribution >= 0.6 is 0 Å². The highest BCUT2D eigenvalue weighted by atomic mass is 16.6. The van der Waals surface area contributed by atoms with E-state index in [1.54, 1.807) is 40.0 Å². The van der Waals surface area contributed by atoms with Crippen LogP contribution in [0.1, 0.15) is 42.3 Å². The lowest BCUT2D eigenvalue weighted by Gasteiger charge is -2.19. The van der Waals surface area contributed by atoms with Crippen LogP contribution in [0, 0.1) is 6.92 Å². The summed E-state index contributed by atoms with van der Waals surface area (Å²) in [5.74, 6) is -0.914. The van der Waals surface area contributed by atoms with Crippen LogP contribution in [0.4, 0.5) is 10.5 Å². The van der Waals surface area contributed by atoms with E-state index in [-0.39, 0.29) is 18.1 Å². The zero-order valence-electron chi connectivity index (χ0n) is 18.0. The van der Waals surface area contributed by atoms with Gasteiger partial charge in [0.2, 0.25) is 0 Å². The third-order valence-electron chi connectivity index (χ3n) is 4.06. The molecule has 2 aromatic rings. The van der Waals surface area contributed by atoms with Crippen LogP contribution in [-0.2, 0) is 20.8 Å². The number of rotatable bonds is 6. The first-order chi connectivity index (χ1) is 14.0. The summed E-state index contributed by atoms with van der Waals surface area (Å²) in [5, 5.41) is 2.58. The minimum absolute atomic E-state index is 0.277. The lowest BCUT2D eigenvalue weighted by atomic mass is 10.1. The molecular weight excluding hydrogens is 384 g/mol. The standard InChI is InChI=1S/C23H28N2O5/c1-16-6-8-17(9-7-16)14-25(5)20(26)15-29-21(27)18-10-12-19(13-11-18)24-22(28)30-23(2,3)4/h6-13H,14-15H2,1-5H3,(H,24,28). The van der Waals surface area contributed by atoms with Crippen LogP contribution in [0.5, 0.6) is 0 Å². The molecule has 0 aromatic heterocycles. The van der Waals surface area contributed by atoms with Gasteiger partial charge in [-0.25, -0.2) is 9.59 Å². The summed E-state index contributed by atoms with van der Waals surface area (Å²) in [5.41, 5.74) is 2.30. The van der Waals surface area contributed by atoms with Crippen molar-refractivity contribution in [3.8, 4) is 0 Å². The molecular formula is C23H28N2O5. The highest BCUT2D eigenvalue weighted by molar-refractivity contribution is 5.92. The third kappa shape index (κ3) is 7.58. The number of anilines is 1. The maximum atomic E-state index is 12.2. The molecule has 2 aromatic carbocycles. The number of hydrogen-bond acceptors (Lipinski definition) is 5. The van der Waals surface area contributed by atoms with E-state index in [9.17, 15) is 14.4 Å². The monoisotopic (exact) mass is 412 g/mol. The van der Waals surface area contributed by atoms with Crippen molar-refractivity contribution in [1.82, 2.24) is 4.90 Å². The van der Waals surface area contributed by atoms with Gasteiger partial charge in [-0.1, -0.05) is 29.8 Å². The molecule has 2 amide bonds. The fraction of sp³-hybridized carbons (Fsp3) is 0.348. The second kappa shape index (κ2) is 9.91. The van der Waals surface area contributed by atoms with E-state index in [2.05, 4.69) is 5.32 Å². The van der Waals surface area contributed by atoms with Gasteiger partial charge < -0.3 is 14.4 Å². The Morgan fingerprint density at radius 3 is 2.13 bits per heavy atom. The van der Waals surface area contributed by atoms with E-state index < -0.39 is 17.7 Å².